The predicted molar refractivity (Wildman–Crippen MR) is 89.8 cm³/mol. The van der Waals surface area contributed by atoms with Gasteiger partial charge in [0.15, 0.2) is 0 Å². The van der Waals surface area contributed by atoms with E-state index in [1.54, 1.807) is 7.11 Å². The summed E-state index contributed by atoms with van der Waals surface area (Å²) >= 11 is 3.63. The zero-order valence-electron chi connectivity index (χ0n) is 12.7. The number of pyridine rings is 1. The zero-order chi connectivity index (χ0) is 15.2. The molecule has 1 aromatic heterocycles. The van der Waals surface area contributed by atoms with Crippen molar-refractivity contribution in [2.24, 2.45) is 0 Å². The van der Waals surface area contributed by atoms with Crippen LogP contribution in [-0.2, 0) is 6.42 Å². The van der Waals surface area contributed by atoms with Gasteiger partial charge in [-0.2, -0.15) is 0 Å². The summed E-state index contributed by atoms with van der Waals surface area (Å²) < 4.78 is 6.42. The van der Waals surface area contributed by atoms with Gasteiger partial charge < -0.3 is 10.1 Å². The second-order valence-electron chi connectivity index (χ2n) is 4.98. The van der Waals surface area contributed by atoms with Crippen LogP contribution >= 0.6 is 15.9 Å². The van der Waals surface area contributed by atoms with Crippen LogP contribution in [0.2, 0.25) is 0 Å². The van der Waals surface area contributed by atoms with Crippen LogP contribution in [0.25, 0.3) is 0 Å². The molecule has 0 saturated heterocycles. The number of hydrogen-bond donors (Lipinski definition) is 1. The average molecular weight is 349 g/mol. The Hall–Kier alpha value is -1.39. The molecule has 0 radical (unpaired) electrons. The first kappa shape index (κ1) is 16.0. The van der Waals surface area contributed by atoms with Crippen molar-refractivity contribution in [2.75, 3.05) is 13.7 Å². The third kappa shape index (κ3) is 4.05. The summed E-state index contributed by atoms with van der Waals surface area (Å²) in [6.45, 7) is 5.13. The van der Waals surface area contributed by atoms with Crippen molar-refractivity contribution in [2.45, 2.75) is 26.3 Å². The van der Waals surface area contributed by atoms with E-state index in [1.165, 1.54) is 11.1 Å². The molecule has 1 atom stereocenters. The largest absolute Gasteiger partial charge is 0.497 e. The van der Waals surface area contributed by atoms with Gasteiger partial charge in [-0.1, -0.05) is 28.9 Å². The Kier molecular flexibility index (Phi) is 5.76. The summed E-state index contributed by atoms with van der Waals surface area (Å²) in [5.74, 6) is 0.876. The lowest BCUT2D eigenvalue weighted by atomic mass is 9.99. The molecule has 0 bridgehead atoms. The number of likely N-dealkylation sites (N-methyl/N-ethyl adjacent to an activating group) is 1. The molecule has 0 aliphatic rings. The summed E-state index contributed by atoms with van der Waals surface area (Å²) in [4.78, 5) is 4.56. The van der Waals surface area contributed by atoms with E-state index in [9.17, 15) is 0 Å². The smallest absolute Gasteiger partial charge is 0.119 e. The number of rotatable bonds is 6. The maximum atomic E-state index is 5.32. The molecular formula is C17H21BrN2O. The van der Waals surface area contributed by atoms with Gasteiger partial charge in [0.25, 0.3) is 0 Å². The summed E-state index contributed by atoms with van der Waals surface area (Å²) in [6, 6.07) is 10.3. The fraction of sp³-hybridized carbons (Fsp3) is 0.353. The highest BCUT2D eigenvalue weighted by atomic mass is 79.9. The van der Waals surface area contributed by atoms with Crippen molar-refractivity contribution < 1.29 is 4.74 Å². The highest BCUT2D eigenvalue weighted by molar-refractivity contribution is 9.10. The Morgan fingerprint density at radius 3 is 2.81 bits per heavy atom. The Morgan fingerprint density at radius 1 is 1.33 bits per heavy atom. The molecule has 1 aromatic carbocycles. The molecule has 0 saturated carbocycles. The lowest BCUT2D eigenvalue weighted by molar-refractivity contribution is 0.413. The quantitative estimate of drug-likeness (QED) is 0.854. The molecule has 4 heteroatoms. The highest BCUT2D eigenvalue weighted by Gasteiger charge is 2.16. The van der Waals surface area contributed by atoms with Gasteiger partial charge in [-0.3, -0.25) is 4.98 Å². The molecule has 21 heavy (non-hydrogen) atoms. The molecule has 1 heterocycles. The Labute approximate surface area is 134 Å². The number of ether oxygens (including phenoxy) is 1. The topological polar surface area (TPSA) is 34.1 Å². The second kappa shape index (κ2) is 7.57. The molecule has 0 amide bonds. The number of benzene rings is 1. The van der Waals surface area contributed by atoms with Crippen LogP contribution in [0.3, 0.4) is 0 Å². The van der Waals surface area contributed by atoms with Crippen molar-refractivity contribution in [3.63, 3.8) is 0 Å². The van der Waals surface area contributed by atoms with E-state index in [1.807, 2.05) is 24.4 Å². The van der Waals surface area contributed by atoms with E-state index in [4.69, 9.17) is 4.74 Å². The predicted octanol–water partition coefficient (Wildman–Crippen LogP) is 4.05. The van der Waals surface area contributed by atoms with Crippen LogP contribution in [0.5, 0.6) is 5.75 Å². The third-order valence-electron chi connectivity index (χ3n) is 3.51. The third-order valence-corrected chi connectivity index (χ3v) is 4.28. The van der Waals surface area contributed by atoms with Gasteiger partial charge >= 0.3 is 0 Å². The van der Waals surface area contributed by atoms with Gasteiger partial charge in [-0.25, -0.2) is 0 Å². The molecule has 0 aliphatic heterocycles. The normalized spacial score (nSPS) is 12.2. The summed E-state index contributed by atoms with van der Waals surface area (Å²) in [7, 11) is 1.69. The van der Waals surface area contributed by atoms with Crippen molar-refractivity contribution in [1.82, 2.24) is 10.3 Å². The first-order chi connectivity index (χ1) is 10.2. The minimum absolute atomic E-state index is 0.194. The number of nitrogens with zero attached hydrogens (tertiary/aromatic N) is 1. The van der Waals surface area contributed by atoms with Gasteiger partial charge in [0, 0.05) is 10.7 Å². The Balaban J connectivity index is 2.30. The molecule has 1 unspecified atom stereocenters. The van der Waals surface area contributed by atoms with E-state index in [0.29, 0.717) is 0 Å². The van der Waals surface area contributed by atoms with E-state index in [-0.39, 0.29) is 6.04 Å². The maximum absolute atomic E-state index is 5.32. The second-order valence-corrected chi connectivity index (χ2v) is 5.83. The molecule has 2 aromatic rings. The van der Waals surface area contributed by atoms with Crippen LogP contribution in [0.1, 0.15) is 29.8 Å². The lowest BCUT2D eigenvalue weighted by Gasteiger charge is -2.20. The van der Waals surface area contributed by atoms with Gasteiger partial charge in [0.2, 0.25) is 0 Å². The van der Waals surface area contributed by atoms with Crippen LogP contribution in [0, 0.1) is 6.92 Å². The molecule has 0 fully saturated rings. The van der Waals surface area contributed by atoms with Gasteiger partial charge in [-0.15, -0.1) is 0 Å². The van der Waals surface area contributed by atoms with Crippen molar-refractivity contribution in [3.05, 3.63) is 57.8 Å². The zero-order valence-corrected chi connectivity index (χ0v) is 14.3. The first-order valence-corrected chi connectivity index (χ1v) is 7.92. The molecule has 1 N–H and O–H groups in total. The SMILES string of the molecule is CCNC(Cc1cc(OC)ccc1Br)c1ncccc1C. The number of methoxy groups -OCH3 is 1. The summed E-state index contributed by atoms with van der Waals surface area (Å²) in [5, 5.41) is 3.53. The maximum Gasteiger partial charge on any atom is 0.119 e. The first-order valence-electron chi connectivity index (χ1n) is 7.13. The van der Waals surface area contributed by atoms with Crippen molar-refractivity contribution in [1.29, 1.82) is 0 Å². The highest BCUT2D eigenvalue weighted by Crippen LogP contribution is 2.27. The van der Waals surface area contributed by atoms with E-state index >= 15 is 0 Å². The average Bonchev–Trinajstić information content (AvgIpc) is 2.49. The fourth-order valence-electron chi connectivity index (χ4n) is 2.43. The molecule has 112 valence electrons. The van der Waals surface area contributed by atoms with E-state index in [0.717, 1.165) is 28.9 Å². The van der Waals surface area contributed by atoms with Gasteiger partial charge in [0.1, 0.15) is 5.75 Å². The number of aromatic nitrogens is 1. The standard InChI is InChI=1S/C17H21BrN2O/c1-4-19-16(17-12(2)6-5-9-20-17)11-13-10-14(21-3)7-8-15(13)18/h5-10,16,19H,4,11H2,1-3H3. The van der Waals surface area contributed by atoms with Crippen LogP contribution < -0.4 is 10.1 Å². The van der Waals surface area contributed by atoms with E-state index in [2.05, 4.69) is 52.2 Å². The molecular weight excluding hydrogens is 328 g/mol. The van der Waals surface area contributed by atoms with Crippen molar-refractivity contribution >= 4 is 15.9 Å². The number of nitrogens with one attached hydrogen (secondary N) is 1. The fourth-order valence-corrected chi connectivity index (χ4v) is 2.84. The molecule has 0 aliphatic carbocycles. The Bertz CT molecular complexity index is 601. The molecule has 3 nitrogen and oxygen atoms in total. The summed E-state index contributed by atoms with van der Waals surface area (Å²) in [5.41, 5.74) is 3.53. The summed E-state index contributed by atoms with van der Waals surface area (Å²) in [6.07, 6.45) is 2.72. The van der Waals surface area contributed by atoms with Crippen LogP contribution in [0.4, 0.5) is 0 Å². The van der Waals surface area contributed by atoms with Gasteiger partial charge in [-0.05, 0) is 55.3 Å². The van der Waals surface area contributed by atoms with Crippen LogP contribution in [-0.4, -0.2) is 18.6 Å². The van der Waals surface area contributed by atoms with Crippen molar-refractivity contribution in [3.8, 4) is 5.75 Å². The van der Waals surface area contributed by atoms with Crippen LogP contribution in [0.15, 0.2) is 41.0 Å². The number of aryl methyl sites for hydroxylation is 1. The monoisotopic (exact) mass is 348 g/mol. The van der Waals surface area contributed by atoms with E-state index < -0.39 is 0 Å². The molecule has 0 spiro atoms. The lowest BCUT2D eigenvalue weighted by Crippen LogP contribution is -2.24. The minimum atomic E-state index is 0.194. The minimum Gasteiger partial charge on any atom is -0.497 e. The number of hydrogen-bond acceptors (Lipinski definition) is 3. The molecule has 2 rings (SSSR count). The van der Waals surface area contributed by atoms with Gasteiger partial charge in [0.05, 0.1) is 18.8 Å². The Morgan fingerprint density at radius 2 is 2.14 bits per heavy atom. The number of halogens is 1.